The molecule has 106 valence electrons. The summed E-state index contributed by atoms with van der Waals surface area (Å²) in [5.74, 6) is -0.575. The van der Waals surface area contributed by atoms with Crippen molar-refractivity contribution in [1.29, 1.82) is 0 Å². The van der Waals surface area contributed by atoms with Gasteiger partial charge in [-0.05, 0) is 64.3 Å². The van der Waals surface area contributed by atoms with Gasteiger partial charge in [0.2, 0.25) is 0 Å². The molecule has 1 N–H and O–H groups in total. The summed E-state index contributed by atoms with van der Waals surface area (Å²) < 4.78 is 27.2. The molecular formula is C16H16BrF2N. The lowest BCUT2D eigenvalue weighted by molar-refractivity contribution is 0.581. The molecule has 20 heavy (non-hydrogen) atoms. The first-order chi connectivity index (χ1) is 9.61. The third kappa shape index (κ3) is 3.64. The molecule has 0 aliphatic rings. The molecule has 0 aliphatic carbocycles. The van der Waals surface area contributed by atoms with Gasteiger partial charge in [-0.15, -0.1) is 0 Å². The molecule has 0 bridgehead atoms. The first-order valence-corrected chi connectivity index (χ1v) is 7.35. The molecule has 0 saturated carbocycles. The molecule has 0 heterocycles. The highest BCUT2D eigenvalue weighted by Crippen LogP contribution is 2.26. The van der Waals surface area contributed by atoms with E-state index in [4.69, 9.17) is 0 Å². The van der Waals surface area contributed by atoms with E-state index in [9.17, 15) is 8.78 Å². The average Bonchev–Trinajstić information content (AvgIpc) is 2.43. The molecule has 0 aromatic heterocycles. The standard InChI is InChI=1S/C16H16BrF2N/c1-2-8-20-16(11-4-3-5-13(18)9-11)12-6-7-15(19)14(17)10-12/h3-7,9-10,16,20H,2,8H2,1H3. The van der Waals surface area contributed by atoms with Gasteiger partial charge in [0.25, 0.3) is 0 Å². The van der Waals surface area contributed by atoms with E-state index in [-0.39, 0.29) is 17.7 Å². The van der Waals surface area contributed by atoms with Crippen LogP contribution in [0.2, 0.25) is 0 Å². The van der Waals surface area contributed by atoms with Crippen LogP contribution >= 0.6 is 15.9 Å². The van der Waals surface area contributed by atoms with Gasteiger partial charge < -0.3 is 5.32 Å². The molecule has 0 fully saturated rings. The number of benzene rings is 2. The molecular weight excluding hydrogens is 324 g/mol. The van der Waals surface area contributed by atoms with Crippen molar-refractivity contribution in [3.8, 4) is 0 Å². The van der Waals surface area contributed by atoms with Crippen LogP contribution in [0.4, 0.5) is 8.78 Å². The Morgan fingerprint density at radius 1 is 1.10 bits per heavy atom. The monoisotopic (exact) mass is 339 g/mol. The van der Waals surface area contributed by atoms with Crippen molar-refractivity contribution in [2.75, 3.05) is 6.54 Å². The van der Waals surface area contributed by atoms with Crippen LogP contribution in [0.25, 0.3) is 0 Å². The molecule has 4 heteroatoms. The summed E-state index contributed by atoms with van der Waals surface area (Å²) in [4.78, 5) is 0. The molecule has 0 amide bonds. The quantitative estimate of drug-likeness (QED) is 0.823. The fraction of sp³-hybridized carbons (Fsp3) is 0.250. The second-order valence-electron chi connectivity index (χ2n) is 4.62. The van der Waals surface area contributed by atoms with Crippen LogP contribution in [-0.2, 0) is 0 Å². The van der Waals surface area contributed by atoms with E-state index in [0.29, 0.717) is 4.47 Å². The fourth-order valence-corrected chi connectivity index (χ4v) is 2.49. The number of hydrogen-bond acceptors (Lipinski definition) is 1. The highest BCUT2D eigenvalue weighted by molar-refractivity contribution is 9.10. The number of hydrogen-bond donors (Lipinski definition) is 1. The predicted molar refractivity (Wildman–Crippen MR) is 80.6 cm³/mol. The van der Waals surface area contributed by atoms with Gasteiger partial charge in [0.05, 0.1) is 10.5 Å². The van der Waals surface area contributed by atoms with Gasteiger partial charge in [-0.2, -0.15) is 0 Å². The van der Waals surface area contributed by atoms with Crippen molar-refractivity contribution in [2.45, 2.75) is 19.4 Å². The molecule has 0 radical (unpaired) electrons. The van der Waals surface area contributed by atoms with Gasteiger partial charge in [0, 0.05) is 0 Å². The maximum absolute atomic E-state index is 13.4. The second-order valence-corrected chi connectivity index (χ2v) is 5.47. The van der Waals surface area contributed by atoms with Crippen molar-refractivity contribution in [2.24, 2.45) is 0 Å². The van der Waals surface area contributed by atoms with E-state index in [0.717, 1.165) is 24.1 Å². The fourth-order valence-electron chi connectivity index (χ4n) is 2.09. The van der Waals surface area contributed by atoms with Crippen LogP contribution in [0.1, 0.15) is 30.5 Å². The summed E-state index contributed by atoms with van der Waals surface area (Å²) in [6, 6.07) is 11.2. The summed E-state index contributed by atoms with van der Waals surface area (Å²) in [5.41, 5.74) is 1.73. The Morgan fingerprint density at radius 2 is 1.85 bits per heavy atom. The number of halogens is 3. The molecule has 2 rings (SSSR count). The van der Waals surface area contributed by atoms with Crippen LogP contribution in [0.15, 0.2) is 46.9 Å². The maximum Gasteiger partial charge on any atom is 0.137 e. The Bertz CT molecular complexity index is 586. The van der Waals surface area contributed by atoms with E-state index in [1.54, 1.807) is 18.2 Å². The van der Waals surface area contributed by atoms with Crippen molar-refractivity contribution in [3.63, 3.8) is 0 Å². The van der Waals surface area contributed by atoms with Gasteiger partial charge in [0.1, 0.15) is 11.6 Å². The van der Waals surface area contributed by atoms with Crippen LogP contribution in [0, 0.1) is 11.6 Å². The summed E-state index contributed by atoms with van der Waals surface area (Å²) in [7, 11) is 0. The van der Waals surface area contributed by atoms with Crippen LogP contribution in [-0.4, -0.2) is 6.54 Å². The minimum absolute atomic E-state index is 0.150. The van der Waals surface area contributed by atoms with Gasteiger partial charge in [-0.1, -0.05) is 25.1 Å². The van der Waals surface area contributed by atoms with Crippen molar-refractivity contribution < 1.29 is 8.78 Å². The van der Waals surface area contributed by atoms with E-state index in [1.165, 1.54) is 18.2 Å². The Labute approximate surface area is 126 Å². The van der Waals surface area contributed by atoms with Crippen molar-refractivity contribution >= 4 is 15.9 Å². The second kappa shape index (κ2) is 6.95. The van der Waals surface area contributed by atoms with E-state index >= 15 is 0 Å². The van der Waals surface area contributed by atoms with Gasteiger partial charge in [-0.25, -0.2) is 8.78 Å². The highest BCUT2D eigenvalue weighted by Gasteiger charge is 2.15. The summed E-state index contributed by atoms with van der Waals surface area (Å²) in [6.07, 6.45) is 0.966. The van der Waals surface area contributed by atoms with Crippen molar-refractivity contribution in [1.82, 2.24) is 5.32 Å². The Kier molecular flexibility index (Phi) is 5.26. The van der Waals surface area contributed by atoms with E-state index in [1.807, 2.05) is 6.07 Å². The van der Waals surface area contributed by atoms with E-state index in [2.05, 4.69) is 28.2 Å². The molecule has 2 aromatic carbocycles. The Balaban J connectivity index is 2.38. The topological polar surface area (TPSA) is 12.0 Å². The van der Waals surface area contributed by atoms with Crippen molar-refractivity contribution in [3.05, 3.63) is 69.7 Å². The zero-order valence-corrected chi connectivity index (χ0v) is 12.8. The SMILES string of the molecule is CCCNC(c1cccc(F)c1)c1ccc(F)c(Br)c1. The normalized spacial score (nSPS) is 12.4. The molecule has 0 spiro atoms. The molecule has 0 saturated heterocycles. The summed E-state index contributed by atoms with van der Waals surface area (Å²) >= 11 is 3.19. The largest absolute Gasteiger partial charge is 0.306 e. The number of nitrogens with one attached hydrogen (secondary N) is 1. The van der Waals surface area contributed by atoms with Gasteiger partial charge in [0.15, 0.2) is 0 Å². The zero-order valence-electron chi connectivity index (χ0n) is 11.2. The highest BCUT2D eigenvalue weighted by atomic mass is 79.9. The molecule has 0 aliphatic heterocycles. The van der Waals surface area contributed by atoms with E-state index < -0.39 is 0 Å². The summed E-state index contributed by atoms with van der Waals surface area (Å²) in [5, 5.41) is 3.37. The predicted octanol–water partition coefficient (Wildman–Crippen LogP) is 4.82. The van der Waals surface area contributed by atoms with Crippen LogP contribution in [0.5, 0.6) is 0 Å². The molecule has 1 atom stereocenters. The third-order valence-corrected chi connectivity index (χ3v) is 3.67. The smallest absolute Gasteiger partial charge is 0.137 e. The van der Waals surface area contributed by atoms with Crippen LogP contribution < -0.4 is 5.32 Å². The minimum Gasteiger partial charge on any atom is -0.306 e. The first-order valence-electron chi connectivity index (χ1n) is 6.55. The van der Waals surface area contributed by atoms with Gasteiger partial charge >= 0.3 is 0 Å². The minimum atomic E-state index is -0.303. The first kappa shape index (κ1) is 15.1. The van der Waals surface area contributed by atoms with Crippen LogP contribution in [0.3, 0.4) is 0 Å². The lowest BCUT2D eigenvalue weighted by Crippen LogP contribution is -2.23. The lowest BCUT2D eigenvalue weighted by Gasteiger charge is -2.20. The maximum atomic E-state index is 13.4. The summed E-state index contributed by atoms with van der Waals surface area (Å²) in [6.45, 7) is 2.87. The Morgan fingerprint density at radius 3 is 2.50 bits per heavy atom. The third-order valence-electron chi connectivity index (χ3n) is 3.06. The zero-order chi connectivity index (χ0) is 14.5. The van der Waals surface area contributed by atoms with Gasteiger partial charge in [-0.3, -0.25) is 0 Å². The molecule has 1 unspecified atom stereocenters. The average molecular weight is 340 g/mol. The molecule has 1 nitrogen and oxygen atoms in total. The number of rotatable bonds is 5. The molecule has 2 aromatic rings. The lowest BCUT2D eigenvalue weighted by atomic mass is 9.98. The Hall–Kier alpha value is -1.26.